The number of halogens is 1. The standard InChI is InChI=1S/C16H19ClN6S/c1-2-22-8-12(17)7-14(22)16-19-15(3-5-21-6-4-18-11-21)20-23(16)13-9-24-10-13/h4,6-8,11,13H,2-3,5,9-10H2,1H3. The molecule has 1 aliphatic rings. The normalized spacial score (nSPS) is 14.9. The molecule has 0 unspecified atom stereocenters. The van der Waals surface area contributed by atoms with Gasteiger partial charge >= 0.3 is 0 Å². The van der Waals surface area contributed by atoms with E-state index in [0.717, 1.165) is 53.4 Å². The highest BCUT2D eigenvalue weighted by Gasteiger charge is 2.27. The van der Waals surface area contributed by atoms with Crippen LogP contribution in [-0.2, 0) is 19.5 Å². The van der Waals surface area contributed by atoms with Crippen molar-refractivity contribution in [3.8, 4) is 11.5 Å². The minimum atomic E-state index is 0.429. The van der Waals surface area contributed by atoms with Crippen molar-refractivity contribution in [1.29, 1.82) is 0 Å². The fraction of sp³-hybridized carbons (Fsp3) is 0.438. The Bertz CT molecular complexity index is 818. The van der Waals surface area contributed by atoms with Crippen LogP contribution in [0.15, 0.2) is 31.0 Å². The Hall–Kier alpha value is -1.73. The van der Waals surface area contributed by atoms with Crippen LogP contribution in [0.5, 0.6) is 0 Å². The molecule has 4 rings (SSSR count). The van der Waals surface area contributed by atoms with E-state index in [4.69, 9.17) is 21.7 Å². The fourth-order valence-electron chi connectivity index (χ4n) is 2.84. The van der Waals surface area contributed by atoms with Crippen molar-refractivity contribution in [3.63, 3.8) is 0 Å². The Balaban J connectivity index is 1.66. The number of imidazole rings is 1. The van der Waals surface area contributed by atoms with Gasteiger partial charge in [-0.15, -0.1) is 0 Å². The summed E-state index contributed by atoms with van der Waals surface area (Å²) in [6, 6.07) is 2.41. The van der Waals surface area contributed by atoms with Gasteiger partial charge in [-0.25, -0.2) is 14.6 Å². The van der Waals surface area contributed by atoms with Gasteiger partial charge in [0.2, 0.25) is 0 Å². The van der Waals surface area contributed by atoms with E-state index in [1.165, 1.54) is 0 Å². The van der Waals surface area contributed by atoms with Gasteiger partial charge in [0.1, 0.15) is 0 Å². The number of aromatic nitrogens is 6. The van der Waals surface area contributed by atoms with E-state index in [1.54, 1.807) is 6.20 Å². The van der Waals surface area contributed by atoms with Crippen LogP contribution < -0.4 is 0 Å². The summed E-state index contributed by atoms with van der Waals surface area (Å²) in [6.45, 7) is 3.80. The van der Waals surface area contributed by atoms with Crippen molar-refractivity contribution in [3.05, 3.63) is 41.8 Å². The topological polar surface area (TPSA) is 53.5 Å². The summed E-state index contributed by atoms with van der Waals surface area (Å²) in [4.78, 5) is 8.91. The molecule has 3 aromatic rings. The lowest BCUT2D eigenvalue weighted by Gasteiger charge is -2.26. The van der Waals surface area contributed by atoms with E-state index in [2.05, 4.69) is 21.2 Å². The highest BCUT2D eigenvalue weighted by molar-refractivity contribution is 8.00. The van der Waals surface area contributed by atoms with Crippen LogP contribution in [0.3, 0.4) is 0 Å². The molecule has 0 amide bonds. The third kappa shape index (κ3) is 2.98. The van der Waals surface area contributed by atoms with Crippen LogP contribution in [0.4, 0.5) is 0 Å². The van der Waals surface area contributed by atoms with Gasteiger partial charge in [0.15, 0.2) is 11.6 Å². The number of hydrogen-bond donors (Lipinski definition) is 0. The lowest BCUT2D eigenvalue weighted by atomic mass is 10.3. The minimum absolute atomic E-state index is 0.429. The van der Waals surface area contributed by atoms with Crippen molar-refractivity contribution >= 4 is 23.4 Å². The predicted octanol–water partition coefficient (Wildman–Crippen LogP) is 3.15. The average Bonchev–Trinajstić information content (AvgIpc) is 3.22. The van der Waals surface area contributed by atoms with E-state index in [1.807, 2.05) is 41.1 Å². The number of aryl methyl sites for hydroxylation is 3. The molecule has 126 valence electrons. The molecule has 1 fully saturated rings. The summed E-state index contributed by atoms with van der Waals surface area (Å²) in [5.41, 5.74) is 1.04. The molecular weight excluding hydrogens is 344 g/mol. The van der Waals surface area contributed by atoms with Gasteiger partial charge in [0.05, 0.1) is 23.1 Å². The van der Waals surface area contributed by atoms with Gasteiger partial charge in [-0.05, 0) is 13.0 Å². The van der Waals surface area contributed by atoms with Gasteiger partial charge in [-0.3, -0.25) is 0 Å². The van der Waals surface area contributed by atoms with Crippen molar-refractivity contribution in [1.82, 2.24) is 28.9 Å². The van der Waals surface area contributed by atoms with E-state index in [-0.39, 0.29) is 0 Å². The zero-order chi connectivity index (χ0) is 16.5. The maximum atomic E-state index is 6.22. The minimum Gasteiger partial charge on any atom is -0.344 e. The first-order chi connectivity index (χ1) is 11.7. The highest BCUT2D eigenvalue weighted by atomic mass is 35.5. The SMILES string of the molecule is CCn1cc(Cl)cc1-c1nc(CCn2ccnc2)nn1C1CSC1. The first-order valence-corrected chi connectivity index (χ1v) is 9.63. The number of rotatable bonds is 6. The molecule has 0 radical (unpaired) electrons. The molecule has 0 atom stereocenters. The third-order valence-electron chi connectivity index (χ3n) is 4.23. The molecular formula is C16H19ClN6S. The molecule has 24 heavy (non-hydrogen) atoms. The molecule has 0 spiro atoms. The van der Waals surface area contributed by atoms with Gasteiger partial charge in [0.25, 0.3) is 0 Å². The zero-order valence-corrected chi connectivity index (χ0v) is 15.0. The molecule has 1 aliphatic heterocycles. The van der Waals surface area contributed by atoms with Crippen LogP contribution in [0.25, 0.3) is 11.5 Å². The summed E-state index contributed by atoms with van der Waals surface area (Å²) < 4.78 is 6.27. The number of hydrogen-bond acceptors (Lipinski definition) is 4. The maximum absolute atomic E-state index is 6.22. The maximum Gasteiger partial charge on any atom is 0.175 e. The first kappa shape index (κ1) is 15.8. The van der Waals surface area contributed by atoms with E-state index in [9.17, 15) is 0 Å². The van der Waals surface area contributed by atoms with Crippen LogP contribution in [0.1, 0.15) is 18.8 Å². The van der Waals surface area contributed by atoms with Crippen molar-refractivity contribution in [2.45, 2.75) is 32.5 Å². The summed E-state index contributed by atoms with van der Waals surface area (Å²) in [7, 11) is 0. The van der Waals surface area contributed by atoms with Gasteiger partial charge < -0.3 is 9.13 Å². The van der Waals surface area contributed by atoms with E-state index < -0.39 is 0 Å². The van der Waals surface area contributed by atoms with Crippen molar-refractivity contribution in [2.24, 2.45) is 0 Å². The molecule has 3 aromatic heterocycles. The van der Waals surface area contributed by atoms with Crippen LogP contribution >= 0.6 is 23.4 Å². The first-order valence-electron chi connectivity index (χ1n) is 8.09. The average molecular weight is 363 g/mol. The monoisotopic (exact) mass is 362 g/mol. The Morgan fingerprint density at radius 1 is 1.38 bits per heavy atom. The smallest absolute Gasteiger partial charge is 0.175 e. The van der Waals surface area contributed by atoms with E-state index in [0.29, 0.717) is 6.04 Å². The molecule has 4 heterocycles. The molecule has 0 aromatic carbocycles. The number of thioether (sulfide) groups is 1. The zero-order valence-electron chi connectivity index (χ0n) is 13.5. The van der Waals surface area contributed by atoms with E-state index >= 15 is 0 Å². The summed E-state index contributed by atoms with van der Waals surface area (Å²) in [5.74, 6) is 3.99. The lowest BCUT2D eigenvalue weighted by Crippen LogP contribution is -2.25. The fourth-order valence-corrected chi connectivity index (χ4v) is 3.79. The second-order valence-corrected chi connectivity index (χ2v) is 7.38. The molecule has 0 N–H and O–H groups in total. The Morgan fingerprint density at radius 2 is 2.25 bits per heavy atom. The van der Waals surface area contributed by atoms with Gasteiger partial charge in [0, 0.05) is 49.6 Å². The molecule has 0 bridgehead atoms. The summed E-state index contributed by atoms with van der Waals surface area (Å²) >= 11 is 8.16. The highest BCUT2D eigenvalue weighted by Crippen LogP contribution is 2.33. The Morgan fingerprint density at radius 3 is 2.92 bits per heavy atom. The molecule has 8 heteroatoms. The third-order valence-corrected chi connectivity index (χ3v) is 5.67. The number of nitrogens with zero attached hydrogens (tertiary/aromatic N) is 6. The predicted molar refractivity (Wildman–Crippen MR) is 96.4 cm³/mol. The molecule has 0 aliphatic carbocycles. The second kappa shape index (κ2) is 6.64. The Labute approximate surface area is 149 Å². The molecule has 6 nitrogen and oxygen atoms in total. The van der Waals surface area contributed by atoms with Crippen molar-refractivity contribution < 1.29 is 0 Å². The largest absolute Gasteiger partial charge is 0.344 e. The van der Waals surface area contributed by atoms with Gasteiger partial charge in [-0.2, -0.15) is 16.9 Å². The molecule has 0 saturated carbocycles. The summed E-state index contributed by atoms with van der Waals surface area (Å²) in [6.07, 6.45) is 8.32. The molecule has 1 saturated heterocycles. The van der Waals surface area contributed by atoms with Gasteiger partial charge in [-0.1, -0.05) is 11.6 Å². The Kier molecular flexibility index (Phi) is 4.37. The second-order valence-electron chi connectivity index (χ2n) is 5.87. The van der Waals surface area contributed by atoms with Crippen LogP contribution in [0.2, 0.25) is 5.02 Å². The van der Waals surface area contributed by atoms with Crippen LogP contribution in [-0.4, -0.2) is 40.4 Å². The van der Waals surface area contributed by atoms with Crippen molar-refractivity contribution in [2.75, 3.05) is 11.5 Å². The quantitative estimate of drug-likeness (QED) is 0.676. The summed E-state index contributed by atoms with van der Waals surface area (Å²) in [5, 5.41) is 5.53. The van der Waals surface area contributed by atoms with Crippen LogP contribution in [0, 0.1) is 0 Å². The lowest BCUT2D eigenvalue weighted by molar-refractivity contribution is 0.521.